The number of carbonyl (C=O) groups is 1. The van der Waals surface area contributed by atoms with E-state index in [-0.39, 0.29) is 17.3 Å². The molecule has 2 heterocycles. The Balaban J connectivity index is 1.95. The van der Waals surface area contributed by atoms with Crippen molar-refractivity contribution in [3.63, 3.8) is 0 Å². The Morgan fingerprint density at radius 2 is 2.32 bits per heavy atom. The second kappa shape index (κ2) is 5.91. The summed E-state index contributed by atoms with van der Waals surface area (Å²) in [4.78, 5) is 11.8. The molecule has 0 amide bonds. The average molecular weight is 264 g/mol. The van der Waals surface area contributed by atoms with Crippen LogP contribution in [-0.2, 0) is 16.0 Å². The molecule has 2 rings (SSSR count). The molecule has 0 aliphatic carbocycles. The summed E-state index contributed by atoms with van der Waals surface area (Å²) in [6.07, 6.45) is 5.44. The van der Waals surface area contributed by atoms with E-state index in [9.17, 15) is 4.79 Å². The first kappa shape index (κ1) is 14.3. The highest BCUT2D eigenvalue weighted by molar-refractivity contribution is 5.78. The number of ether oxygens (including phenoxy) is 1. The third-order valence-electron chi connectivity index (χ3n) is 4.02. The lowest BCUT2D eigenvalue weighted by atomic mass is 9.80. The van der Waals surface area contributed by atoms with Crippen molar-refractivity contribution >= 4 is 5.78 Å². The van der Waals surface area contributed by atoms with E-state index < -0.39 is 0 Å². The molecule has 3 nitrogen and oxygen atoms in total. The van der Waals surface area contributed by atoms with E-state index in [1.54, 1.807) is 13.2 Å². The standard InChI is InChI=1S/C16H24O3/c1-12(17)14(10-15-5-4-7-18-15)9-13-6-8-19-16(2,3)11-13/h4-5,7,13-14H,6,8-11H2,1-3H3/t13-,14+/m1/s1. The highest BCUT2D eigenvalue weighted by Crippen LogP contribution is 2.33. The van der Waals surface area contributed by atoms with Crippen LogP contribution in [0.25, 0.3) is 0 Å². The van der Waals surface area contributed by atoms with Gasteiger partial charge in [0.1, 0.15) is 11.5 Å². The Bertz CT molecular complexity index is 406. The van der Waals surface area contributed by atoms with Crippen LogP contribution >= 0.6 is 0 Å². The summed E-state index contributed by atoms with van der Waals surface area (Å²) in [5, 5.41) is 0. The molecule has 0 aromatic carbocycles. The quantitative estimate of drug-likeness (QED) is 0.815. The van der Waals surface area contributed by atoms with Crippen molar-refractivity contribution in [2.45, 2.75) is 52.1 Å². The number of hydrogen-bond acceptors (Lipinski definition) is 3. The average Bonchev–Trinajstić information content (AvgIpc) is 2.79. The summed E-state index contributed by atoms with van der Waals surface area (Å²) < 4.78 is 11.1. The minimum absolute atomic E-state index is 0.0467. The van der Waals surface area contributed by atoms with Gasteiger partial charge in [0.15, 0.2) is 0 Å². The van der Waals surface area contributed by atoms with Crippen molar-refractivity contribution < 1.29 is 13.9 Å². The Kier molecular flexibility index (Phi) is 4.46. The normalized spacial score (nSPS) is 24.1. The first-order valence-electron chi connectivity index (χ1n) is 7.13. The van der Waals surface area contributed by atoms with Crippen molar-refractivity contribution in [3.05, 3.63) is 24.2 Å². The molecule has 0 spiro atoms. The minimum Gasteiger partial charge on any atom is -0.469 e. The van der Waals surface area contributed by atoms with Crippen molar-refractivity contribution in [1.82, 2.24) is 0 Å². The fourth-order valence-electron chi connectivity index (χ4n) is 3.03. The molecule has 1 aliphatic heterocycles. The van der Waals surface area contributed by atoms with Gasteiger partial charge in [0, 0.05) is 18.9 Å². The lowest BCUT2D eigenvalue weighted by molar-refractivity contribution is -0.122. The maximum atomic E-state index is 11.8. The molecule has 0 N–H and O–H groups in total. The van der Waals surface area contributed by atoms with Gasteiger partial charge in [-0.05, 0) is 58.1 Å². The summed E-state index contributed by atoms with van der Waals surface area (Å²) in [5.74, 6) is 1.82. The van der Waals surface area contributed by atoms with Gasteiger partial charge >= 0.3 is 0 Å². The fraction of sp³-hybridized carbons (Fsp3) is 0.688. The molecule has 1 aromatic rings. The highest BCUT2D eigenvalue weighted by atomic mass is 16.5. The number of carbonyl (C=O) groups excluding carboxylic acids is 1. The van der Waals surface area contributed by atoms with Crippen LogP contribution < -0.4 is 0 Å². The summed E-state index contributed by atoms with van der Waals surface area (Å²) in [5.41, 5.74) is -0.0467. The first-order valence-corrected chi connectivity index (χ1v) is 7.13. The second-order valence-electron chi connectivity index (χ2n) is 6.29. The van der Waals surface area contributed by atoms with E-state index in [1.165, 1.54) is 0 Å². The molecule has 0 unspecified atom stereocenters. The maximum Gasteiger partial charge on any atom is 0.133 e. The van der Waals surface area contributed by atoms with E-state index in [0.717, 1.165) is 38.1 Å². The zero-order valence-corrected chi connectivity index (χ0v) is 12.1. The van der Waals surface area contributed by atoms with Gasteiger partial charge in [-0.3, -0.25) is 4.79 Å². The molecule has 1 fully saturated rings. The molecule has 1 aliphatic rings. The molecule has 3 heteroatoms. The van der Waals surface area contributed by atoms with E-state index in [0.29, 0.717) is 5.92 Å². The Morgan fingerprint density at radius 1 is 1.53 bits per heavy atom. The Morgan fingerprint density at radius 3 is 2.89 bits per heavy atom. The topological polar surface area (TPSA) is 39.4 Å². The molecule has 1 aromatic heterocycles. The number of rotatable bonds is 5. The van der Waals surface area contributed by atoms with Crippen molar-refractivity contribution in [2.24, 2.45) is 11.8 Å². The number of Topliss-reactive ketones (excluding diaryl/α,β-unsaturated/α-hetero) is 1. The zero-order chi connectivity index (χ0) is 13.9. The van der Waals surface area contributed by atoms with Crippen LogP contribution in [0.4, 0.5) is 0 Å². The van der Waals surface area contributed by atoms with Gasteiger partial charge < -0.3 is 9.15 Å². The maximum absolute atomic E-state index is 11.8. The summed E-state index contributed by atoms with van der Waals surface area (Å²) in [6.45, 7) is 6.77. The molecular weight excluding hydrogens is 240 g/mol. The van der Waals surface area contributed by atoms with Crippen LogP contribution in [-0.4, -0.2) is 18.0 Å². The van der Waals surface area contributed by atoms with Gasteiger partial charge in [-0.1, -0.05) is 0 Å². The molecule has 2 atom stereocenters. The Hall–Kier alpha value is -1.09. The van der Waals surface area contributed by atoms with E-state index in [1.807, 2.05) is 12.1 Å². The monoisotopic (exact) mass is 264 g/mol. The zero-order valence-electron chi connectivity index (χ0n) is 12.1. The lowest BCUT2D eigenvalue weighted by Gasteiger charge is -2.36. The Labute approximate surface area is 115 Å². The lowest BCUT2D eigenvalue weighted by Crippen LogP contribution is -2.35. The smallest absolute Gasteiger partial charge is 0.133 e. The highest BCUT2D eigenvalue weighted by Gasteiger charge is 2.31. The fourth-order valence-corrected chi connectivity index (χ4v) is 3.03. The van der Waals surface area contributed by atoms with E-state index >= 15 is 0 Å². The molecule has 0 saturated carbocycles. The molecule has 106 valence electrons. The van der Waals surface area contributed by atoms with Gasteiger partial charge in [0.25, 0.3) is 0 Å². The number of furan rings is 1. The molecular formula is C16H24O3. The SMILES string of the molecule is CC(=O)[C@H](Cc1ccco1)C[C@H]1CCOC(C)(C)C1. The molecule has 1 saturated heterocycles. The number of hydrogen-bond donors (Lipinski definition) is 0. The second-order valence-corrected chi connectivity index (χ2v) is 6.29. The van der Waals surface area contributed by atoms with Crippen molar-refractivity contribution in [3.8, 4) is 0 Å². The van der Waals surface area contributed by atoms with Crippen LogP contribution in [0.15, 0.2) is 22.8 Å². The largest absolute Gasteiger partial charge is 0.469 e. The number of ketones is 1. The third-order valence-corrected chi connectivity index (χ3v) is 4.02. The van der Waals surface area contributed by atoms with E-state index in [2.05, 4.69) is 13.8 Å². The van der Waals surface area contributed by atoms with Crippen LogP contribution in [0.3, 0.4) is 0 Å². The van der Waals surface area contributed by atoms with E-state index in [4.69, 9.17) is 9.15 Å². The minimum atomic E-state index is -0.0467. The molecule has 0 bridgehead atoms. The predicted molar refractivity (Wildman–Crippen MR) is 74.0 cm³/mol. The summed E-state index contributed by atoms with van der Waals surface area (Å²) >= 11 is 0. The summed E-state index contributed by atoms with van der Waals surface area (Å²) in [6, 6.07) is 3.83. The van der Waals surface area contributed by atoms with Crippen LogP contribution in [0, 0.1) is 11.8 Å². The van der Waals surface area contributed by atoms with Crippen molar-refractivity contribution in [1.29, 1.82) is 0 Å². The van der Waals surface area contributed by atoms with Crippen LogP contribution in [0.5, 0.6) is 0 Å². The van der Waals surface area contributed by atoms with Gasteiger partial charge in [-0.2, -0.15) is 0 Å². The van der Waals surface area contributed by atoms with Crippen molar-refractivity contribution in [2.75, 3.05) is 6.61 Å². The van der Waals surface area contributed by atoms with Gasteiger partial charge in [-0.25, -0.2) is 0 Å². The van der Waals surface area contributed by atoms with Gasteiger partial charge in [0.05, 0.1) is 11.9 Å². The third kappa shape index (κ3) is 4.20. The summed E-state index contributed by atoms with van der Waals surface area (Å²) in [7, 11) is 0. The first-order chi connectivity index (χ1) is 8.96. The van der Waals surface area contributed by atoms with Crippen LogP contribution in [0.1, 0.15) is 45.8 Å². The van der Waals surface area contributed by atoms with Gasteiger partial charge in [-0.15, -0.1) is 0 Å². The predicted octanol–water partition coefficient (Wildman–Crippen LogP) is 3.62. The van der Waals surface area contributed by atoms with Crippen LogP contribution in [0.2, 0.25) is 0 Å². The van der Waals surface area contributed by atoms with Gasteiger partial charge in [0.2, 0.25) is 0 Å². The molecule has 0 radical (unpaired) electrons. The molecule has 19 heavy (non-hydrogen) atoms.